The second kappa shape index (κ2) is 31.0. The van der Waals surface area contributed by atoms with Crippen LogP contribution in [-0.4, -0.2) is 122 Å². The van der Waals surface area contributed by atoms with E-state index in [9.17, 15) is 58.5 Å². The molecule has 364 valence electrons. The van der Waals surface area contributed by atoms with E-state index in [4.69, 9.17) is 15.9 Å². The number of hydrogen-bond donors (Lipinski definition) is 12. The number of urea groups is 1. The zero-order chi connectivity index (χ0) is 49.0. The van der Waals surface area contributed by atoms with Gasteiger partial charge in [0.2, 0.25) is 23.6 Å². The van der Waals surface area contributed by atoms with Gasteiger partial charge in [-0.25, -0.2) is 19.2 Å². The summed E-state index contributed by atoms with van der Waals surface area (Å²) in [4.78, 5) is 109. The first kappa shape index (κ1) is 56.1. The molecule has 5 atom stereocenters. The van der Waals surface area contributed by atoms with E-state index in [-0.39, 0.29) is 69.1 Å². The molecule has 22 heteroatoms. The first-order chi connectivity index (χ1) is 31.4. The molecule has 5 unspecified atom stereocenters. The zero-order valence-electron chi connectivity index (χ0n) is 36.6. The summed E-state index contributed by atoms with van der Waals surface area (Å²) >= 11 is 1.96. The standard InChI is InChI=1S/C44H62IN7O14/c45-29-24-28(18-20-35(29)53)25-30(46)39(58)50-34(26-27-12-4-3-5-13-27)40(59)49-31(41(60)61)14-8-10-22-47-36(54)16-6-1-2-7-17-37(55)48-23-11-9-15-32(42(62)63)51-44(66)52-33(43(64)65)19-21-38(56)57/h3-5,12-13,18,20,24,30-34,53H,1-2,6-11,14-17,19,21-23,25-26,46H2,(H,47,54)(H,48,55)(H,49,59)(H,50,58)(H,56,57)(H,60,61)(H,62,63)(H,64,65)(H2,51,52,66). The molecule has 2 aromatic rings. The molecular formula is C44H62IN7O14. The summed E-state index contributed by atoms with van der Waals surface area (Å²) in [6, 6.07) is 6.48. The Bertz CT molecular complexity index is 1940. The average Bonchev–Trinajstić information content (AvgIpc) is 3.26. The van der Waals surface area contributed by atoms with E-state index >= 15 is 0 Å². The Morgan fingerprint density at radius 2 is 1.03 bits per heavy atom. The van der Waals surface area contributed by atoms with Crippen molar-refractivity contribution in [3.63, 3.8) is 0 Å². The van der Waals surface area contributed by atoms with Gasteiger partial charge in [-0.3, -0.25) is 24.0 Å². The number of carbonyl (C=O) groups is 9. The highest BCUT2D eigenvalue weighted by Gasteiger charge is 2.29. The number of phenolic OH excluding ortho intramolecular Hbond substituents is 1. The molecule has 6 amide bonds. The Kier molecular flexibility index (Phi) is 26.3. The summed E-state index contributed by atoms with van der Waals surface area (Å²) in [5, 5.41) is 62.0. The van der Waals surface area contributed by atoms with Crippen LogP contribution in [-0.2, 0) is 51.2 Å². The number of rotatable bonds is 33. The van der Waals surface area contributed by atoms with Gasteiger partial charge in [-0.15, -0.1) is 0 Å². The number of aromatic hydroxyl groups is 1. The lowest BCUT2D eigenvalue weighted by Crippen LogP contribution is -2.55. The van der Waals surface area contributed by atoms with Crippen LogP contribution in [0.1, 0.15) is 101 Å². The smallest absolute Gasteiger partial charge is 0.326 e. The molecule has 0 saturated heterocycles. The van der Waals surface area contributed by atoms with E-state index < -0.39 is 78.4 Å². The lowest BCUT2D eigenvalue weighted by molar-refractivity contribution is -0.142. The molecule has 0 aliphatic rings. The number of halogens is 1. The van der Waals surface area contributed by atoms with Gasteiger partial charge in [-0.05, 0) is 110 Å². The number of carboxylic acid groups (broad SMARTS) is 4. The molecule has 0 fully saturated rings. The number of amides is 6. The monoisotopic (exact) mass is 1040 g/mol. The minimum atomic E-state index is -1.51. The van der Waals surface area contributed by atoms with Crippen LogP contribution in [0, 0.1) is 3.57 Å². The van der Waals surface area contributed by atoms with Crippen LogP contribution in [0.3, 0.4) is 0 Å². The first-order valence-electron chi connectivity index (χ1n) is 21.7. The molecule has 0 radical (unpaired) electrons. The van der Waals surface area contributed by atoms with Gasteiger partial charge < -0.3 is 63.2 Å². The van der Waals surface area contributed by atoms with Crippen molar-refractivity contribution in [3.05, 3.63) is 63.2 Å². The van der Waals surface area contributed by atoms with E-state index in [0.717, 1.165) is 5.56 Å². The molecule has 0 aromatic heterocycles. The summed E-state index contributed by atoms with van der Waals surface area (Å²) in [5.74, 6) is -6.85. The van der Waals surface area contributed by atoms with Gasteiger partial charge in [0.1, 0.15) is 29.9 Å². The summed E-state index contributed by atoms with van der Waals surface area (Å²) in [5.41, 5.74) is 7.62. The molecule has 0 bridgehead atoms. The van der Waals surface area contributed by atoms with Crippen molar-refractivity contribution in [1.82, 2.24) is 31.9 Å². The van der Waals surface area contributed by atoms with E-state index in [1.54, 1.807) is 42.5 Å². The minimum absolute atomic E-state index is 0.00567. The van der Waals surface area contributed by atoms with Gasteiger partial charge in [-0.1, -0.05) is 49.2 Å². The molecule has 0 spiro atoms. The first-order valence-corrected chi connectivity index (χ1v) is 22.8. The number of carboxylic acids is 4. The molecule has 0 saturated carbocycles. The predicted octanol–water partition coefficient (Wildman–Crippen LogP) is 2.15. The van der Waals surface area contributed by atoms with Crippen molar-refractivity contribution in [2.24, 2.45) is 5.73 Å². The third-order valence-electron chi connectivity index (χ3n) is 10.2. The van der Waals surface area contributed by atoms with Crippen LogP contribution < -0.4 is 37.6 Å². The lowest BCUT2D eigenvalue weighted by Gasteiger charge is -2.23. The van der Waals surface area contributed by atoms with Crippen molar-refractivity contribution in [2.45, 2.75) is 133 Å². The Morgan fingerprint density at radius 1 is 0.530 bits per heavy atom. The molecule has 0 aliphatic carbocycles. The fraction of sp³-hybridized carbons (Fsp3) is 0.523. The molecular weight excluding hydrogens is 977 g/mol. The maximum absolute atomic E-state index is 13.4. The average molecular weight is 1040 g/mol. The van der Waals surface area contributed by atoms with Crippen molar-refractivity contribution in [3.8, 4) is 5.75 Å². The normalized spacial score (nSPS) is 13.1. The topological polar surface area (TPSA) is 353 Å². The van der Waals surface area contributed by atoms with Gasteiger partial charge in [0.05, 0.1) is 9.61 Å². The molecule has 2 rings (SSSR count). The van der Waals surface area contributed by atoms with Crippen molar-refractivity contribution >= 4 is 76.1 Å². The van der Waals surface area contributed by atoms with Crippen LogP contribution in [0.15, 0.2) is 48.5 Å². The SMILES string of the molecule is NC(Cc1ccc(O)c(I)c1)C(=O)NC(Cc1ccccc1)C(=O)NC(CCCCNC(=O)CCCCCCC(=O)NCCCCC(NC(=O)NC(CCC(=O)O)C(=O)O)C(=O)O)C(=O)O. The lowest BCUT2D eigenvalue weighted by atomic mass is 10.0. The van der Waals surface area contributed by atoms with Crippen LogP contribution >= 0.6 is 22.6 Å². The van der Waals surface area contributed by atoms with Gasteiger partial charge >= 0.3 is 29.9 Å². The second-order valence-electron chi connectivity index (χ2n) is 15.7. The molecule has 13 N–H and O–H groups in total. The van der Waals surface area contributed by atoms with Crippen LogP contribution in [0.25, 0.3) is 0 Å². The van der Waals surface area contributed by atoms with E-state index in [2.05, 4.69) is 31.9 Å². The number of benzene rings is 2. The summed E-state index contributed by atoms with van der Waals surface area (Å²) < 4.78 is 0.591. The third-order valence-corrected chi connectivity index (χ3v) is 11.1. The highest BCUT2D eigenvalue weighted by molar-refractivity contribution is 14.1. The Hall–Kier alpha value is -6.04. The highest BCUT2D eigenvalue weighted by atomic mass is 127. The summed E-state index contributed by atoms with van der Waals surface area (Å²) in [7, 11) is 0. The molecule has 21 nitrogen and oxygen atoms in total. The quantitative estimate of drug-likeness (QED) is 0.0360. The molecule has 2 aromatic carbocycles. The van der Waals surface area contributed by atoms with Crippen molar-refractivity contribution in [1.29, 1.82) is 0 Å². The summed E-state index contributed by atoms with van der Waals surface area (Å²) in [6.45, 7) is 0.574. The van der Waals surface area contributed by atoms with Crippen LogP contribution in [0.2, 0.25) is 0 Å². The van der Waals surface area contributed by atoms with Crippen LogP contribution in [0.4, 0.5) is 4.79 Å². The molecule has 0 aliphatic heterocycles. The summed E-state index contributed by atoms with van der Waals surface area (Å²) in [6.07, 6.45) is 4.12. The number of phenols is 1. The van der Waals surface area contributed by atoms with E-state index in [0.29, 0.717) is 67.0 Å². The number of nitrogens with two attached hydrogens (primary N) is 1. The maximum Gasteiger partial charge on any atom is 0.326 e. The largest absolute Gasteiger partial charge is 0.507 e. The Labute approximate surface area is 395 Å². The molecule has 66 heavy (non-hydrogen) atoms. The van der Waals surface area contributed by atoms with E-state index in [1.807, 2.05) is 22.6 Å². The highest BCUT2D eigenvalue weighted by Crippen LogP contribution is 2.21. The van der Waals surface area contributed by atoms with Gasteiger partial charge in [0, 0.05) is 38.8 Å². The minimum Gasteiger partial charge on any atom is -0.507 e. The zero-order valence-corrected chi connectivity index (χ0v) is 38.8. The number of unbranched alkanes of at least 4 members (excludes halogenated alkanes) is 5. The van der Waals surface area contributed by atoms with Crippen molar-refractivity contribution in [2.75, 3.05) is 13.1 Å². The van der Waals surface area contributed by atoms with Crippen LogP contribution in [0.5, 0.6) is 5.75 Å². The fourth-order valence-corrected chi connectivity index (χ4v) is 7.12. The van der Waals surface area contributed by atoms with Gasteiger partial charge in [0.25, 0.3) is 0 Å². The maximum atomic E-state index is 13.4. The number of carbonyl (C=O) groups excluding carboxylic acids is 5. The van der Waals surface area contributed by atoms with Gasteiger partial charge in [-0.2, -0.15) is 0 Å². The Balaban J connectivity index is 1.64. The Morgan fingerprint density at radius 3 is 1.53 bits per heavy atom. The number of hydrogen-bond acceptors (Lipinski definition) is 11. The van der Waals surface area contributed by atoms with Gasteiger partial charge in [0.15, 0.2) is 0 Å². The second-order valence-corrected chi connectivity index (χ2v) is 16.8. The number of aliphatic carboxylic acids is 4. The fourth-order valence-electron chi connectivity index (χ4n) is 6.54. The number of nitrogens with one attached hydrogen (secondary N) is 6. The third kappa shape index (κ3) is 23.8. The van der Waals surface area contributed by atoms with E-state index in [1.165, 1.54) is 6.07 Å². The molecule has 0 heterocycles. The van der Waals surface area contributed by atoms with Crippen molar-refractivity contribution < 1.29 is 68.7 Å². The predicted molar refractivity (Wildman–Crippen MR) is 247 cm³/mol.